The van der Waals surface area contributed by atoms with E-state index in [1.54, 1.807) is 0 Å². The van der Waals surface area contributed by atoms with Gasteiger partial charge in [0.15, 0.2) is 0 Å². The number of halogens is 3. The van der Waals surface area contributed by atoms with Crippen LogP contribution in [0.3, 0.4) is 0 Å². The summed E-state index contributed by atoms with van der Waals surface area (Å²) >= 11 is 0. The van der Waals surface area contributed by atoms with Crippen LogP contribution in [0.5, 0.6) is 0 Å². The molecule has 1 aromatic carbocycles. The highest BCUT2D eigenvalue weighted by molar-refractivity contribution is 5.33. The summed E-state index contributed by atoms with van der Waals surface area (Å²) < 4.78 is 43.5. The molecule has 1 aromatic heterocycles. The zero-order chi connectivity index (χ0) is 17.7. The average molecular weight is 352 g/mol. The summed E-state index contributed by atoms with van der Waals surface area (Å²) in [5.41, 5.74) is 1.19. The number of hydrogen-bond donors (Lipinski definition) is 1. The number of alkyl halides is 3. The fourth-order valence-electron chi connectivity index (χ4n) is 2.66. The average Bonchev–Trinajstić information content (AvgIpc) is 2.61. The second-order valence-electron chi connectivity index (χ2n) is 5.77. The lowest BCUT2D eigenvalue weighted by Gasteiger charge is -2.27. The van der Waals surface area contributed by atoms with Gasteiger partial charge in [-0.25, -0.2) is 9.97 Å². The van der Waals surface area contributed by atoms with Crippen molar-refractivity contribution in [3.8, 4) is 0 Å². The topological polar surface area (TPSA) is 50.3 Å². The first-order chi connectivity index (χ1) is 12.0. The molecule has 0 amide bonds. The van der Waals surface area contributed by atoms with E-state index in [1.165, 1.54) is 0 Å². The third-order valence-electron chi connectivity index (χ3n) is 4.00. The van der Waals surface area contributed by atoms with Crippen LogP contribution in [0.2, 0.25) is 0 Å². The predicted molar refractivity (Wildman–Crippen MR) is 86.9 cm³/mol. The number of benzene rings is 1. The second kappa shape index (κ2) is 7.79. The van der Waals surface area contributed by atoms with Crippen molar-refractivity contribution >= 4 is 5.95 Å². The molecule has 0 saturated carbocycles. The summed E-state index contributed by atoms with van der Waals surface area (Å²) in [6.07, 6.45) is -3.37. The normalized spacial score (nSPS) is 16.0. The molecule has 25 heavy (non-hydrogen) atoms. The van der Waals surface area contributed by atoms with Crippen LogP contribution in [-0.4, -0.2) is 41.2 Å². The van der Waals surface area contributed by atoms with Gasteiger partial charge in [0.05, 0.1) is 13.2 Å². The van der Waals surface area contributed by atoms with Gasteiger partial charge in [-0.1, -0.05) is 24.3 Å². The summed E-state index contributed by atoms with van der Waals surface area (Å²) in [5, 5.41) is 2.89. The van der Waals surface area contributed by atoms with Crippen molar-refractivity contribution in [3.05, 3.63) is 53.3 Å². The van der Waals surface area contributed by atoms with E-state index in [0.717, 1.165) is 56.2 Å². The Morgan fingerprint density at radius 1 is 1.08 bits per heavy atom. The second-order valence-corrected chi connectivity index (χ2v) is 5.77. The van der Waals surface area contributed by atoms with Gasteiger partial charge in [-0.2, -0.15) is 13.2 Å². The van der Waals surface area contributed by atoms with E-state index < -0.39 is 11.9 Å². The van der Waals surface area contributed by atoms with Gasteiger partial charge in [-0.05, 0) is 17.2 Å². The number of rotatable bonds is 5. The predicted octanol–water partition coefficient (Wildman–Crippen LogP) is 2.94. The van der Waals surface area contributed by atoms with Gasteiger partial charge >= 0.3 is 6.18 Å². The number of hydrogen-bond acceptors (Lipinski definition) is 5. The SMILES string of the molecule is FC(F)(F)c1ccnc(NCc2ccccc2CN2CCOCC2)n1. The summed E-state index contributed by atoms with van der Waals surface area (Å²) in [4.78, 5) is 9.69. The quantitative estimate of drug-likeness (QED) is 0.897. The van der Waals surface area contributed by atoms with Crippen molar-refractivity contribution in [1.82, 2.24) is 14.9 Å². The molecular formula is C17H19F3N4O. The van der Waals surface area contributed by atoms with Gasteiger partial charge < -0.3 is 10.1 Å². The van der Waals surface area contributed by atoms with Gasteiger partial charge in [0.2, 0.25) is 5.95 Å². The molecule has 0 radical (unpaired) electrons. The zero-order valence-electron chi connectivity index (χ0n) is 13.6. The molecule has 3 rings (SSSR count). The van der Waals surface area contributed by atoms with E-state index in [1.807, 2.05) is 24.3 Å². The van der Waals surface area contributed by atoms with Crippen molar-refractivity contribution in [1.29, 1.82) is 0 Å². The highest BCUT2D eigenvalue weighted by Crippen LogP contribution is 2.27. The van der Waals surface area contributed by atoms with E-state index in [-0.39, 0.29) is 5.95 Å². The summed E-state index contributed by atoms with van der Waals surface area (Å²) in [6.45, 7) is 4.33. The summed E-state index contributed by atoms with van der Waals surface area (Å²) in [7, 11) is 0. The number of nitrogens with zero attached hydrogens (tertiary/aromatic N) is 3. The van der Waals surface area contributed by atoms with Gasteiger partial charge in [0.25, 0.3) is 0 Å². The molecule has 0 spiro atoms. The van der Waals surface area contributed by atoms with Crippen LogP contribution in [0.25, 0.3) is 0 Å². The van der Waals surface area contributed by atoms with E-state index in [2.05, 4.69) is 20.2 Å². The Balaban J connectivity index is 1.67. The molecule has 5 nitrogen and oxygen atoms in total. The van der Waals surface area contributed by atoms with Crippen molar-refractivity contribution in [2.24, 2.45) is 0 Å². The Morgan fingerprint density at radius 2 is 1.80 bits per heavy atom. The van der Waals surface area contributed by atoms with Crippen LogP contribution in [0.1, 0.15) is 16.8 Å². The van der Waals surface area contributed by atoms with Crippen LogP contribution < -0.4 is 5.32 Å². The molecule has 1 N–H and O–H groups in total. The molecule has 0 bridgehead atoms. The van der Waals surface area contributed by atoms with E-state index in [0.29, 0.717) is 6.54 Å². The molecule has 2 heterocycles. The molecule has 1 aliphatic rings. The summed E-state index contributed by atoms with van der Waals surface area (Å²) in [5.74, 6) is -0.0315. The van der Waals surface area contributed by atoms with Crippen molar-refractivity contribution < 1.29 is 17.9 Å². The first-order valence-corrected chi connectivity index (χ1v) is 8.03. The highest BCUT2D eigenvalue weighted by Gasteiger charge is 2.32. The lowest BCUT2D eigenvalue weighted by Crippen LogP contribution is -2.35. The minimum absolute atomic E-state index is 0.0315. The highest BCUT2D eigenvalue weighted by atomic mass is 19.4. The third-order valence-corrected chi connectivity index (χ3v) is 4.00. The molecule has 8 heteroatoms. The molecule has 2 aromatic rings. The third kappa shape index (κ3) is 4.90. The van der Waals surface area contributed by atoms with E-state index in [9.17, 15) is 13.2 Å². The Hall–Kier alpha value is -2.19. The Kier molecular flexibility index (Phi) is 5.50. The van der Waals surface area contributed by atoms with Gasteiger partial charge in [0.1, 0.15) is 5.69 Å². The molecule has 1 aliphatic heterocycles. The molecule has 1 fully saturated rings. The molecule has 0 aliphatic carbocycles. The standard InChI is InChI=1S/C17H19F3N4O/c18-17(19,20)15-5-6-21-16(23-15)22-11-13-3-1-2-4-14(13)12-24-7-9-25-10-8-24/h1-6H,7-12H2,(H,21,22,23). The van der Waals surface area contributed by atoms with Crippen LogP contribution >= 0.6 is 0 Å². The van der Waals surface area contributed by atoms with Crippen LogP contribution in [0.4, 0.5) is 19.1 Å². The number of morpholine rings is 1. The van der Waals surface area contributed by atoms with Crippen molar-refractivity contribution in [2.75, 3.05) is 31.6 Å². The maximum Gasteiger partial charge on any atom is 0.433 e. The molecule has 1 saturated heterocycles. The minimum atomic E-state index is -4.48. The Labute approximate surface area is 143 Å². The van der Waals surface area contributed by atoms with Gasteiger partial charge in [-0.15, -0.1) is 0 Å². The largest absolute Gasteiger partial charge is 0.433 e. The van der Waals surface area contributed by atoms with Gasteiger partial charge in [-0.3, -0.25) is 4.90 Å². The Bertz CT molecular complexity index is 702. The molecule has 134 valence electrons. The zero-order valence-corrected chi connectivity index (χ0v) is 13.6. The van der Waals surface area contributed by atoms with Crippen molar-refractivity contribution in [3.63, 3.8) is 0 Å². The minimum Gasteiger partial charge on any atom is -0.379 e. The number of nitrogens with one attached hydrogen (secondary N) is 1. The number of ether oxygens (including phenoxy) is 1. The first kappa shape index (κ1) is 17.6. The lowest BCUT2D eigenvalue weighted by atomic mass is 10.1. The first-order valence-electron chi connectivity index (χ1n) is 8.03. The lowest BCUT2D eigenvalue weighted by molar-refractivity contribution is -0.141. The monoisotopic (exact) mass is 352 g/mol. The van der Waals surface area contributed by atoms with Crippen LogP contribution in [-0.2, 0) is 24.0 Å². The number of aromatic nitrogens is 2. The summed E-state index contributed by atoms with van der Waals surface area (Å²) in [6, 6.07) is 8.71. The molecular weight excluding hydrogens is 333 g/mol. The van der Waals surface area contributed by atoms with Gasteiger partial charge in [0, 0.05) is 32.4 Å². The fraction of sp³-hybridized carbons (Fsp3) is 0.412. The van der Waals surface area contributed by atoms with Crippen LogP contribution in [0.15, 0.2) is 36.5 Å². The Morgan fingerprint density at radius 3 is 2.52 bits per heavy atom. The smallest absolute Gasteiger partial charge is 0.379 e. The molecule has 0 unspecified atom stereocenters. The van der Waals surface area contributed by atoms with E-state index in [4.69, 9.17) is 4.74 Å². The van der Waals surface area contributed by atoms with E-state index >= 15 is 0 Å². The maximum absolute atomic E-state index is 12.7. The van der Waals surface area contributed by atoms with Crippen LogP contribution in [0, 0.1) is 0 Å². The fourth-order valence-corrected chi connectivity index (χ4v) is 2.66. The maximum atomic E-state index is 12.7. The number of anilines is 1. The molecule has 0 atom stereocenters. The van der Waals surface area contributed by atoms with Crippen molar-refractivity contribution in [2.45, 2.75) is 19.3 Å².